The highest BCUT2D eigenvalue weighted by molar-refractivity contribution is 5.90. The molecule has 5 nitrogen and oxygen atoms in total. The van der Waals surface area contributed by atoms with E-state index in [1.807, 2.05) is 5.32 Å². The van der Waals surface area contributed by atoms with Crippen LogP contribution in [0.2, 0.25) is 0 Å². The van der Waals surface area contributed by atoms with Gasteiger partial charge in [-0.05, 0) is 12.5 Å². The second kappa shape index (κ2) is 6.13. The second-order valence-corrected chi connectivity index (χ2v) is 4.75. The van der Waals surface area contributed by atoms with Crippen molar-refractivity contribution in [2.75, 3.05) is 0 Å². The first-order valence-corrected chi connectivity index (χ1v) is 5.99. The predicted molar refractivity (Wildman–Crippen MR) is 68.4 cm³/mol. The fourth-order valence-corrected chi connectivity index (χ4v) is 1.49. The molecule has 0 saturated carbocycles. The molecule has 0 bridgehead atoms. The maximum absolute atomic E-state index is 12.6. The molecule has 0 spiro atoms. The van der Waals surface area contributed by atoms with Gasteiger partial charge in [0.25, 0.3) is 0 Å². The lowest BCUT2D eigenvalue weighted by Gasteiger charge is -2.27. The summed E-state index contributed by atoms with van der Waals surface area (Å²) in [4.78, 5) is 22.7. The molecule has 0 aliphatic carbocycles. The minimum absolute atomic E-state index is 0.143. The van der Waals surface area contributed by atoms with Crippen molar-refractivity contribution in [1.82, 2.24) is 5.32 Å². The van der Waals surface area contributed by atoms with Crippen molar-refractivity contribution in [3.8, 4) is 0 Å². The number of nitrogens with two attached hydrogens (primary N) is 1. The van der Waals surface area contributed by atoms with Crippen molar-refractivity contribution in [2.24, 2.45) is 5.73 Å². The lowest BCUT2D eigenvalue weighted by Crippen LogP contribution is -2.63. The summed E-state index contributed by atoms with van der Waals surface area (Å²) >= 11 is 0. The van der Waals surface area contributed by atoms with E-state index >= 15 is 0 Å². The molecule has 0 fully saturated rings. The third-order valence-electron chi connectivity index (χ3n) is 2.95. The third-order valence-corrected chi connectivity index (χ3v) is 2.95. The molecule has 4 N–H and O–H groups in total. The zero-order valence-electron chi connectivity index (χ0n) is 11.1. The second-order valence-electron chi connectivity index (χ2n) is 4.75. The van der Waals surface area contributed by atoms with Crippen LogP contribution in [0.15, 0.2) is 30.3 Å². The van der Waals surface area contributed by atoms with E-state index in [-0.39, 0.29) is 6.42 Å². The number of hydrogen-bond donors (Lipinski definition) is 3. The zero-order chi connectivity index (χ0) is 16.3. The SMILES string of the molecule is CC(N)(C(=O)N[C@H](Cc1ccccc1)C(=O)O)C(F)(F)F. The average molecular weight is 304 g/mol. The maximum Gasteiger partial charge on any atom is 0.415 e. The third kappa shape index (κ3) is 4.19. The number of carboxylic acid groups (broad SMARTS) is 1. The van der Waals surface area contributed by atoms with Crippen LogP contribution in [0.4, 0.5) is 13.2 Å². The predicted octanol–water partition coefficient (Wildman–Crippen LogP) is 1.08. The first-order chi connectivity index (χ1) is 9.55. The standard InChI is InChI=1S/C13H15F3N2O3/c1-12(17,13(14,15)16)11(21)18-9(10(19)20)7-8-5-3-2-4-6-8/h2-6,9H,7,17H2,1H3,(H,18,21)(H,19,20)/t9-,12?/m1/s1. The molecule has 2 atom stereocenters. The molecule has 0 aliphatic heterocycles. The average Bonchev–Trinajstić information content (AvgIpc) is 2.37. The van der Waals surface area contributed by atoms with Crippen molar-refractivity contribution < 1.29 is 27.9 Å². The van der Waals surface area contributed by atoms with E-state index in [4.69, 9.17) is 10.8 Å². The normalized spacial score (nSPS) is 15.9. The minimum Gasteiger partial charge on any atom is -0.480 e. The smallest absolute Gasteiger partial charge is 0.415 e. The van der Waals surface area contributed by atoms with Gasteiger partial charge in [0.05, 0.1) is 0 Å². The van der Waals surface area contributed by atoms with E-state index in [9.17, 15) is 22.8 Å². The molecule has 0 heterocycles. The van der Waals surface area contributed by atoms with Crippen LogP contribution < -0.4 is 11.1 Å². The lowest BCUT2D eigenvalue weighted by atomic mass is 10.00. The number of benzene rings is 1. The summed E-state index contributed by atoms with van der Waals surface area (Å²) in [6.45, 7) is 0.490. The van der Waals surface area contributed by atoms with Gasteiger partial charge in [-0.1, -0.05) is 30.3 Å². The number of carbonyl (C=O) groups excluding carboxylic acids is 1. The van der Waals surface area contributed by atoms with Gasteiger partial charge in [0.1, 0.15) is 6.04 Å². The molecular weight excluding hydrogens is 289 g/mol. The maximum atomic E-state index is 12.6. The number of hydrogen-bond acceptors (Lipinski definition) is 3. The van der Waals surface area contributed by atoms with Crippen LogP contribution in [-0.4, -0.2) is 34.7 Å². The summed E-state index contributed by atoms with van der Waals surface area (Å²) in [7, 11) is 0. The largest absolute Gasteiger partial charge is 0.480 e. The molecule has 1 aromatic rings. The number of carbonyl (C=O) groups is 2. The van der Waals surface area contributed by atoms with Crippen LogP contribution in [0.1, 0.15) is 12.5 Å². The van der Waals surface area contributed by atoms with E-state index in [1.54, 1.807) is 30.3 Å². The summed E-state index contributed by atoms with van der Waals surface area (Å²) in [6.07, 6.45) is -5.12. The molecule has 8 heteroatoms. The fourth-order valence-electron chi connectivity index (χ4n) is 1.49. The summed E-state index contributed by atoms with van der Waals surface area (Å²) in [5.41, 5.74) is 2.36. The highest BCUT2D eigenvalue weighted by atomic mass is 19.4. The van der Waals surface area contributed by atoms with Gasteiger partial charge in [0.15, 0.2) is 5.54 Å². The Balaban J connectivity index is 2.85. The first-order valence-electron chi connectivity index (χ1n) is 5.99. The zero-order valence-corrected chi connectivity index (χ0v) is 11.1. The van der Waals surface area contributed by atoms with Crippen LogP contribution in [-0.2, 0) is 16.0 Å². The van der Waals surface area contributed by atoms with Crippen LogP contribution >= 0.6 is 0 Å². The Morgan fingerprint density at radius 3 is 2.24 bits per heavy atom. The van der Waals surface area contributed by atoms with E-state index in [0.29, 0.717) is 12.5 Å². The number of nitrogens with one attached hydrogen (secondary N) is 1. The highest BCUT2D eigenvalue weighted by Gasteiger charge is 2.54. The minimum atomic E-state index is -4.98. The van der Waals surface area contributed by atoms with Gasteiger partial charge < -0.3 is 16.2 Å². The van der Waals surface area contributed by atoms with Crippen molar-refractivity contribution >= 4 is 11.9 Å². The van der Waals surface area contributed by atoms with Crippen LogP contribution in [0.3, 0.4) is 0 Å². The van der Waals surface area contributed by atoms with Gasteiger partial charge in [-0.25, -0.2) is 4.79 Å². The van der Waals surface area contributed by atoms with E-state index in [0.717, 1.165) is 0 Å². The molecule has 21 heavy (non-hydrogen) atoms. The van der Waals surface area contributed by atoms with E-state index in [2.05, 4.69) is 0 Å². The topological polar surface area (TPSA) is 92.4 Å². The molecule has 0 aromatic heterocycles. The van der Waals surface area contributed by atoms with E-state index < -0.39 is 29.6 Å². The van der Waals surface area contributed by atoms with Crippen molar-refractivity contribution in [2.45, 2.75) is 31.1 Å². The van der Waals surface area contributed by atoms with Crippen molar-refractivity contribution in [3.05, 3.63) is 35.9 Å². The van der Waals surface area contributed by atoms with E-state index in [1.165, 1.54) is 0 Å². The van der Waals surface area contributed by atoms with Gasteiger partial charge in [-0.2, -0.15) is 13.2 Å². The quantitative estimate of drug-likeness (QED) is 0.759. The molecule has 0 saturated heterocycles. The van der Waals surface area contributed by atoms with Crippen LogP contribution in [0.25, 0.3) is 0 Å². The Morgan fingerprint density at radius 2 is 1.81 bits per heavy atom. The van der Waals surface area contributed by atoms with Crippen LogP contribution in [0.5, 0.6) is 0 Å². The van der Waals surface area contributed by atoms with Gasteiger partial charge >= 0.3 is 12.1 Å². The Bertz CT molecular complexity index is 515. The lowest BCUT2D eigenvalue weighted by molar-refractivity contribution is -0.188. The number of rotatable bonds is 5. The molecule has 1 unspecified atom stereocenters. The molecule has 0 radical (unpaired) electrons. The number of alkyl halides is 3. The molecule has 1 amide bonds. The Morgan fingerprint density at radius 1 is 1.29 bits per heavy atom. The Labute approximate surface area is 118 Å². The number of carboxylic acids is 1. The highest BCUT2D eigenvalue weighted by Crippen LogP contribution is 2.28. The Hall–Kier alpha value is -2.09. The monoisotopic (exact) mass is 304 g/mol. The number of amides is 1. The first kappa shape index (κ1) is 17.0. The molecule has 116 valence electrons. The molecular formula is C13H15F3N2O3. The van der Waals surface area contributed by atoms with Crippen LogP contribution in [0, 0.1) is 0 Å². The summed E-state index contributed by atoms with van der Waals surface area (Å²) < 4.78 is 37.9. The van der Waals surface area contributed by atoms with Gasteiger partial charge in [0, 0.05) is 6.42 Å². The van der Waals surface area contributed by atoms with Gasteiger partial charge in [-0.3, -0.25) is 4.79 Å². The number of aliphatic carboxylic acids is 1. The summed E-state index contributed by atoms with van der Waals surface area (Å²) in [5.74, 6) is -3.02. The van der Waals surface area contributed by atoms with Crippen molar-refractivity contribution in [3.63, 3.8) is 0 Å². The number of halogens is 3. The summed E-state index contributed by atoms with van der Waals surface area (Å²) in [6, 6.07) is 6.72. The Kier molecular flexibility index (Phi) is 4.95. The van der Waals surface area contributed by atoms with Crippen molar-refractivity contribution in [1.29, 1.82) is 0 Å². The molecule has 0 aliphatic rings. The van der Waals surface area contributed by atoms with Gasteiger partial charge in [0.2, 0.25) is 5.91 Å². The van der Waals surface area contributed by atoms with Gasteiger partial charge in [-0.15, -0.1) is 0 Å². The fraction of sp³-hybridized carbons (Fsp3) is 0.385. The molecule has 1 rings (SSSR count). The summed E-state index contributed by atoms with van der Waals surface area (Å²) in [5, 5.41) is 10.8. The molecule has 1 aromatic carbocycles.